The number of aromatic nitrogens is 1. The van der Waals surface area contributed by atoms with Gasteiger partial charge in [0.05, 0.1) is 6.42 Å². The molecular formula is C21H18ClNO4. The van der Waals surface area contributed by atoms with E-state index in [4.69, 9.17) is 25.6 Å². The van der Waals surface area contributed by atoms with Crippen LogP contribution in [0.4, 0.5) is 0 Å². The summed E-state index contributed by atoms with van der Waals surface area (Å²) in [6.07, 6.45) is 1.26. The number of hydrogen-bond donors (Lipinski definition) is 0. The van der Waals surface area contributed by atoms with Crippen LogP contribution in [0, 0.1) is 0 Å². The second-order valence-corrected chi connectivity index (χ2v) is 7.04. The third-order valence-electron chi connectivity index (χ3n) is 4.38. The van der Waals surface area contributed by atoms with Gasteiger partial charge < -0.3 is 14.0 Å². The van der Waals surface area contributed by atoms with Gasteiger partial charge in [-0.15, -0.1) is 0 Å². The van der Waals surface area contributed by atoms with Crippen molar-refractivity contribution in [2.75, 3.05) is 0 Å². The number of rotatable bonds is 5. The molecule has 0 radical (unpaired) electrons. The summed E-state index contributed by atoms with van der Waals surface area (Å²) in [5.41, 5.74) is 3.50. The topological polar surface area (TPSA) is 61.6 Å². The van der Waals surface area contributed by atoms with Gasteiger partial charge in [-0.05, 0) is 48.4 Å². The summed E-state index contributed by atoms with van der Waals surface area (Å²) >= 11 is 5.84. The second kappa shape index (κ2) is 7.45. The SMILES string of the molecule is CC1Cc2cc(-c3cc(COC(=O)Cc4ccc(Cl)cc4)no3)ccc2O1. The Morgan fingerprint density at radius 2 is 2.04 bits per heavy atom. The van der Waals surface area contributed by atoms with Crippen molar-refractivity contribution in [2.24, 2.45) is 0 Å². The molecule has 0 saturated heterocycles. The van der Waals surface area contributed by atoms with E-state index >= 15 is 0 Å². The number of benzene rings is 2. The molecule has 6 heteroatoms. The highest BCUT2D eigenvalue weighted by Gasteiger charge is 2.20. The van der Waals surface area contributed by atoms with Crippen molar-refractivity contribution >= 4 is 17.6 Å². The molecule has 0 N–H and O–H groups in total. The van der Waals surface area contributed by atoms with Crippen LogP contribution in [0.25, 0.3) is 11.3 Å². The number of carbonyl (C=O) groups excluding carboxylic acids is 1. The molecule has 1 aromatic heterocycles. The highest BCUT2D eigenvalue weighted by molar-refractivity contribution is 6.30. The van der Waals surface area contributed by atoms with E-state index in [1.807, 2.05) is 19.1 Å². The maximum atomic E-state index is 12.0. The molecule has 27 heavy (non-hydrogen) atoms. The molecular weight excluding hydrogens is 366 g/mol. The Kier molecular flexibility index (Phi) is 4.86. The van der Waals surface area contributed by atoms with Crippen LogP contribution in [0.2, 0.25) is 5.02 Å². The lowest BCUT2D eigenvalue weighted by Gasteiger charge is -2.03. The lowest BCUT2D eigenvalue weighted by molar-refractivity contribution is -0.144. The Balaban J connectivity index is 1.36. The Morgan fingerprint density at radius 3 is 2.85 bits per heavy atom. The molecule has 1 aliphatic heterocycles. The minimum absolute atomic E-state index is 0.0704. The fourth-order valence-electron chi connectivity index (χ4n) is 3.07. The maximum absolute atomic E-state index is 12.0. The first-order valence-corrected chi connectivity index (χ1v) is 9.10. The fraction of sp³-hybridized carbons (Fsp3) is 0.238. The van der Waals surface area contributed by atoms with E-state index in [1.54, 1.807) is 30.3 Å². The molecule has 1 unspecified atom stereocenters. The molecule has 2 heterocycles. The molecule has 1 aliphatic rings. The largest absolute Gasteiger partial charge is 0.490 e. The van der Waals surface area contributed by atoms with Gasteiger partial charge >= 0.3 is 5.97 Å². The molecule has 0 bridgehead atoms. The lowest BCUT2D eigenvalue weighted by atomic mass is 10.1. The predicted octanol–water partition coefficient (Wildman–Crippen LogP) is 4.60. The molecule has 138 valence electrons. The van der Waals surface area contributed by atoms with Crippen LogP contribution in [0.3, 0.4) is 0 Å². The van der Waals surface area contributed by atoms with E-state index in [0.29, 0.717) is 16.5 Å². The summed E-state index contributed by atoms with van der Waals surface area (Å²) in [6, 6.07) is 14.8. The van der Waals surface area contributed by atoms with Crippen LogP contribution < -0.4 is 4.74 Å². The molecule has 1 atom stereocenters. The van der Waals surface area contributed by atoms with Crippen LogP contribution in [-0.2, 0) is 29.0 Å². The van der Waals surface area contributed by atoms with Gasteiger partial charge in [0.2, 0.25) is 0 Å². The van der Waals surface area contributed by atoms with Crippen LogP contribution in [0.15, 0.2) is 53.1 Å². The van der Waals surface area contributed by atoms with Crippen molar-refractivity contribution in [2.45, 2.75) is 32.5 Å². The van der Waals surface area contributed by atoms with Crippen LogP contribution in [0.5, 0.6) is 5.75 Å². The normalized spacial score (nSPS) is 15.3. The Bertz CT molecular complexity index is 965. The van der Waals surface area contributed by atoms with Crippen molar-refractivity contribution < 1.29 is 18.8 Å². The van der Waals surface area contributed by atoms with E-state index in [0.717, 1.165) is 28.9 Å². The average molecular weight is 384 g/mol. The number of ether oxygens (including phenoxy) is 2. The molecule has 2 aromatic carbocycles. The standard InChI is InChI=1S/C21H18ClNO4/c1-13-8-16-10-15(4-7-19(16)26-13)20-11-18(23-27-20)12-25-21(24)9-14-2-5-17(22)6-3-14/h2-7,10-11,13H,8-9,12H2,1H3. The van der Waals surface area contributed by atoms with E-state index in [9.17, 15) is 4.79 Å². The van der Waals surface area contributed by atoms with Gasteiger partial charge in [-0.1, -0.05) is 28.9 Å². The molecule has 0 spiro atoms. The van der Waals surface area contributed by atoms with Gasteiger partial charge in [0.25, 0.3) is 0 Å². The van der Waals surface area contributed by atoms with E-state index in [1.165, 1.54) is 0 Å². The summed E-state index contributed by atoms with van der Waals surface area (Å²) in [5, 5.41) is 4.62. The maximum Gasteiger partial charge on any atom is 0.310 e. The highest BCUT2D eigenvalue weighted by atomic mass is 35.5. The number of nitrogens with zero attached hydrogens (tertiary/aromatic N) is 1. The monoisotopic (exact) mass is 383 g/mol. The average Bonchev–Trinajstić information content (AvgIpc) is 3.26. The van der Waals surface area contributed by atoms with Gasteiger partial charge in [-0.2, -0.15) is 0 Å². The first kappa shape index (κ1) is 17.6. The third kappa shape index (κ3) is 4.14. The van der Waals surface area contributed by atoms with Crippen molar-refractivity contribution in [3.63, 3.8) is 0 Å². The molecule has 0 aliphatic carbocycles. The van der Waals surface area contributed by atoms with Gasteiger partial charge in [0.1, 0.15) is 24.2 Å². The van der Waals surface area contributed by atoms with Crippen LogP contribution in [0.1, 0.15) is 23.7 Å². The number of halogens is 1. The summed E-state index contributed by atoms with van der Waals surface area (Å²) < 4.78 is 16.4. The zero-order chi connectivity index (χ0) is 18.8. The molecule has 3 aromatic rings. The number of fused-ring (bicyclic) bond motifs is 1. The van der Waals surface area contributed by atoms with Crippen LogP contribution in [-0.4, -0.2) is 17.2 Å². The Hall–Kier alpha value is -2.79. The fourth-order valence-corrected chi connectivity index (χ4v) is 3.19. The molecule has 0 fully saturated rings. The second-order valence-electron chi connectivity index (χ2n) is 6.60. The van der Waals surface area contributed by atoms with Crippen LogP contribution >= 0.6 is 11.6 Å². The van der Waals surface area contributed by atoms with Crippen molar-refractivity contribution in [1.29, 1.82) is 0 Å². The summed E-state index contributed by atoms with van der Waals surface area (Å²) in [5.74, 6) is 1.23. The summed E-state index contributed by atoms with van der Waals surface area (Å²) in [7, 11) is 0. The zero-order valence-corrected chi connectivity index (χ0v) is 15.5. The van der Waals surface area contributed by atoms with Gasteiger partial charge in [-0.25, -0.2) is 0 Å². The third-order valence-corrected chi connectivity index (χ3v) is 4.63. The first-order chi connectivity index (χ1) is 13.1. The van der Waals surface area contributed by atoms with E-state index < -0.39 is 0 Å². The Morgan fingerprint density at radius 1 is 1.22 bits per heavy atom. The van der Waals surface area contributed by atoms with Gasteiger partial charge in [0.15, 0.2) is 5.76 Å². The van der Waals surface area contributed by atoms with Gasteiger partial charge in [0, 0.05) is 23.1 Å². The van der Waals surface area contributed by atoms with E-state index in [2.05, 4.69) is 11.2 Å². The minimum atomic E-state index is -0.328. The van der Waals surface area contributed by atoms with Crippen molar-refractivity contribution in [1.82, 2.24) is 5.16 Å². The number of hydrogen-bond acceptors (Lipinski definition) is 5. The summed E-state index contributed by atoms with van der Waals surface area (Å²) in [6.45, 7) is 2.12. The zero-order valence-electron chi connectivity index (χ0n) is 14.8. The smallest absolute Gasteiger partial charge is 0.310 e. The quantitative estimate of drug-likeness (QED) is 0.602. The molecule has 0 saturated carbocycles. The molecule has 4 rings (SSSR count). The van der Waals surface area contributed by atoms with Crippen molar-refractivity contribution in [3.8, 4) is 17.1 Å². The van der Waals surface area contributed by atoms with Crippen molar-refractivity contribution in [3.05, 3.63) is 70.4 Å². The Labute approximate surface area is 161 Å². The number of esters is 1. The minimum Gasteiger partial charge on any atom is -0.490 e. The predicted molar refractivity (Wildman–Crippen MR) is 101 cm³/mol. The lowest BCUT2D eigenvalue weighted by Crippen LogP contribution is -2.08. The molecule has 5 nitrogen and oxygen atoms in total. The van der Waals surface area contributed by atoms with E-state index in [-0.39, 0.29) is 25.1 Å². The highest BCUT2D eigenvalue weighted by Crippen LogP contribution is 2.33. The summed E-state index contributed by atoms with van der Waals surface area (Å²) in [4.78, 5) is 12.0. The molecule has 0 amide bonds. The number of carbonyl (C=O) groups is 1. The van der Waals surface area contributed by atoms with Gasteiger partial charge in [-0.3, -0.25) is 4.79 Å². The first-order valence-electron chi connectivity index (χ1n) is 8.72.